The average molecular weight is 401 g/mol. The molecule has 1 rings (SSSR count). The van der Waals surface area contributed by atoms with Crippen molar-refractivity contribution in [1.29, 1.82) is 0 Å². The fourth-order valence-electron chi connectivity index (χ4n) is 1.78. The molecule has 0 bridgehead atoms. The molecule has 3 N–H and O–H groups in total. The molecule has 0 amide bonds. The minimum atomic E-state index is 0. The Kier molecular flexibility index (Phi) is 8.63. The summed E-state index contributed by atoms with van der Waals surface area (Å²) in [6, 6.07) is 8.77. The van der Waals surface area contributed by atoms with Crippen LogP contribution < -0.4 is 11.1 Å². The normalized spacial score (nSPS) is 11.7. The van der Waals surface area contributed by atoms with E-state index in [1.807, 2.05) is 6.92 Å². The van der Waals surface area contributed by atoms with Crippen molar-refractivity contribution >= 4 is 29.9 Å². The molecule has 1 aromatic rings. The zero-order chi connectivity index (χ0) is 15.2. The molecular formula is C17H28IN3. The van der Waals surface area contributed by atoms with Gasteiger partial charge in [0.15, 0.2) is 5.96 Å². The van der Waals surface area contributed by atoms with Gasteiger partial charge in [0.25, 0.3) is 0 Å². The molecule has 0 aromatic heterocycles. The van der Waals surface area contributed by atoms with E-state index in [0.29, 0.717) is 12.5 Å². The number of benzene rings is 1. The maximum absolute atomic E-state index is 5.77. The Morgan fingerprint density at radius 2 is 1.81 bits per heavy atom. The molecule has 0 spiro atoms. The number of rotatable bonds is 5. The lowest BCUT2D eigenvalue weighted by molar-refractivity contribution is 0.590. The van der Waals surface area contributed by atoms with Crippen LogP contribution in [-0.2, 0) is 11.8 Å². The molecular weight excluding hydrogens is 373 g/mol. The number of halogens is 1. The van der Waals surface area contributed by atoms with E-state index in [4.69, 9.17) is 5.73 Å². The van der Waals surface area contributed by atoms with Crippen LogP contribution in [0.5, 0.6) is 0 Å². The summed E-state index contributed by atoms with van der Waals surface area (Å²) in [5, 5.41) is 3.12. The van der Waals surface area contributed by atoms with Gasteiger partial charge in [-0.05, 0) is 29.9 Å². The fourth-order valence-corrected chi connectivity index (χ4v) is 1.78. The minimum Gasteiger partial charge on any atom is -0.370 e. The van der Waals surface area contributed by atoms with Gasteiger partial charge in [-0.3, -0.25) is 0 Å². The van der Waals surface area contributed by atoms with E-state index < -0.39 is 0 Å². The monoisotopic (exact) mass is 401 g/mol. The molecule has 0 unspecified atom stereocenters. The van der Waals surface area contributed by atoms with Crippen molar-refractivity contribution in [3.8, 4) is 0 Å². The number of nitrogens with one attached hydrogen (secondary N) is 1. The van der Waals surface area contributed by atoms with Crippen molar-refractivity contribution in [3.63, 3.8) is 0 Å². The molecule has 1 aromatic carbocycles. The molecule has 3 nitrogen and oxygen atoms in total. The van der Waals surface area contributed by atoms with Gasteiger partial charge in [0.1, 0.15) is 0 Å². The van der Waals surface area contributed by atoms with Crippen molar-refractivity contribution in [2.75, 3.05) is 13.1 Å². The van der Waals surface area contributed by atoms with Gasteiger partial charge in [-0.1, -0.05) is 57.2 Å². The third kappa shape index (κ3) is 8.09. The van der Waals surface area contributed by atoms with Crippen LogP contribution in [0.4, 0.5) is 0 Å². The van der Waals surface area contributed by atoms with Crippen LogP contribution in [0.1, 0.15) is 38.8 Å². The number of nitrogens with zero attached hydrogens (tertiary/aromatic N) is 1. The maximum Gasteiger partial charge on any atom is 0.188 e. The predicted octanol–water partition coefficient (Wildman–Crippen LogP) is 3.63. The van der Waals surface area contributed by atoms with Gasteiger partial charge in [-0.2, -0.15) is 0 Å². The Morgan fingerprint density at radius 3 is 2.29 bits per heavy atom. The maximum atomic E-state index is 5.77. The standard InChI is InChI=1S/C17H27N3.HI/c1-13(2)12-20-16(18)19-11-10-14-6-8-15(9-7-14)17(3,4)5;/h6-9H,1,10-12H2,2-5H3,(H3,18,19,20);1H. The first kappa shape index (κ1) is 20.0. The minimum absolute atomic E-state index is 0. The van der Waals surface area contributed by atoms with Gasteiger partial charge in [0.2, 0.25) is 0 Å². The highest BCUT2D eigenvalue weighted by Crippen LogP contribution is 2.22. The van der Waals surface area contributed by atoms with Crippen molar-refractivity contribution < 1.29 is 0 Å². The molecule has 0 heterocycles. The summed E-state index contributed by atoms with van der Waals surface area (Å²) < 4.78 is 0. The first-order valence-electron chi connectivity index (χ1n) is 7.06. The van der Waals surface area contributed by atoms with Gasteiger partial charge in [-0.25, -0.2) is 4.99 Å². The van der Waals surface area contributed by atoms with E-state index >= 15 is 0 Å². The van der Waals surface area contributed by atoms with Gasteiger partial charge < -0.3 is 11.1 Å². The number of hydrogen-bond donors (Lipinski definition) is 2. The number of guanidine groups is 1. The predicted molar refractivity (Wildman–Crippen MR) is 104 cm³/mol. The van der Waals surface area contributed by atoms with Crippen LogP contribution in [0.25, 0.3) is 0 Å². The van der Waals surface area contributed by atoms with Gasteiger partial charge in [-0.15, -0.1) is 24.0 Å². The molecule has 0 radical (unpaired) electrons. The largest absolute Gasteiger partial charge is 0.370 e. The number of hydrogen-bond acceptors (Lipinski definition) is 1. The van der Waals surface area contributed by atoms with E-state index in [0.717, 1.165) is 18.5 Å². The van der Waals surface area contributed by atoms with Crippen LogP contribution in [0.15, 0.2) is 41.4 Å². The first-order valence-corrected chi connectivity index (χ1v) is 7.06. The van der Waals surface area contributed by atoms with Crippen molar-refractivity contribution in [1.82, 2.24) is 5.32 Å². The molecule has 118 valence electrons. The highest BCUT2D eigenvalue weighted by atomic mass is 127. The van der Waals surface area contributed by atoms with Crippen LogP contribution in [0, 0.1) is 0 Å². The Morgan fingerprint density at radius 1 is 1.24 bits per heavy atom. The van der Waals surface area contributed by atoms with Gasteiger partial charge in [0, 0.05) is 6.54 Å². The fraction of sp³-hybridized carbons (Fsp3) is 0.471. The molecule has 0 aliphatic heterocycles. The molecule has 4 heteroatoms. The van der Waals surface area contributed by atoms with E-state index in [2.05, 4.69) is 61.9 Å². The molecule has 0 aliphatic rings. The second kappa shape index (κ2) is 9.07. The van der Waals surface area contributed by atoms with Crippen molar-refractivity contribution in [2.24, 2.45) is 10.7 Å². The second-order valence-electron chi connectivity index (χ2n) is 6.28. The Hall–Kier alpha value is -1.04. The Balaban J connectivity index is 0.00000400. The average Bonchev–Trinajstić information content (AvgIpc) is 2.36. The van der Waals surface area contributed by atoms with Gasteiger partial charge >= 0.3 is 0 Å². The zero-order valence-corrected chi connectivity index (χ0v) is 15.9. The molecule has 0 aliphatic carbocycles. The third-order valence-corrected chi connectivity index (χ3v) is 3.06. The van der Waals surface area contributed by atoms with Crippen LogP contribution in [0.2, 0.25) is 0 Å². The molecule has 21 heavy (non-hydrogen) atoms. The van der Waals surface area contributed by atoms with Crippen LogP contribution >= 0.6 is 24.0 Å². The van der Waals surface area contributed by atoms with Crippen LogP contribution in [0.3, 0.4) is 0 Å². The number of aliphatic imine (C=N–C) groups is 1. The summed E-state index contributed by atoms with van der Waals surface area (Å²) >= 11 is 0. The molecule has 0 fully saturated rings. The quantitative estimate of drug-likeness (QED) is 0.343. The highest BCUT2D eigenvalue weighted by Gasteiger charge is 2.12. The Labute approximate surface area is 146 Å². The first-order chi connectivity index (χ1) is 9.29. The topological polar surface area (TPSA) is 50.4 Å². The zero-order valence-electron chi connectivity index (χ0n) is 13.6. The van der Waals surface area contributed by atoms with Crippen LogP contribution in [-0.4, -0.2) is 19.0 Å². The summed E-state index contributed by atoms with van der Waals surface area (Å²) in [5.74, 6) is 0.485. The molecule has 0 saturated heterocycles. The smallest absolute Gasteiger partial charge is 0.188 e. The lowest BCUT2D eigenvalue weighted by atomic mass is 9.86. The number of nitrogens with two attached hydrogens (primary N) is 1. The summed E-state index contributed by atoms with van der Waals surface area (Å²) in [6.07, 6.45) is 0.938. The van der Waals surface area contributed by atoms with Crippen molar-refractivity contribution in [2.45, 2.75) is 39.5 Å². The summed E-state index contributed by atoms with van der Waals surface area (Å²) in [6.45, 7) is 13.8. The van der Waals surface area contributed by atoms with E-state index in [-0.39, 0.29) is 29.4 Å². The lowest BCUT2D eigenvalue weighted by Crippen LogP contribution is -2.33. The third-order valence-electron chi connectivity index (χ3n) is 3.06. The SMILES string of the molecule is C=C(C)CN=C(N)NCCc1ccc(C(C)(C)C)cc1.I. The lowest BCUT2D eigenvalue weighted by Gasteiger charge is -2.19. The molecule has 0 atom stereocenters. The van der Waals surface area contributed by atoms with Gasteiger partial charge in [0.05, 0.1) is 6.54 Å². The summed E-state index contributed by atoms with van der Waals surface area (Å²) in [4.78, 5) is 4.19. The molecule has 0 saturated carbocycles. The Bertz CT molecular complexity index is 470. The highest BCUT2D eigenvalue weighted by molar-refractivity contribution is 14.0. The summed E-state index contributed by atoms with van der Waals surface area (Å²) in [7, 11) is 0. The van der Waals surface area contributed by atoms with E-state index in [1.54, 1.807) is 0 Å². The van der Waals surface area contributed by atoms with E-state index in [9.17, 15) is 0 Å². The van der Waals surface area contributed by atoms with E-state index in [1.165, 1.54) is 11.1 Å². The van der Waals surface area contributed by atoms with Crippen molar-refractivity contribution in [3.05, 3.63) is 47.5 Å². The summed E-state index contributed by atoms with van der Waals surface area (Å²) in [5.41, 5.74) is 9.64. The second-order valence-corrected chi connectivity index (χ2v) is 6.28.